The molecular weight excluding hydrogens is 216 g/mol. The Morgan fingerprint density at radius 2 is 2.12 bits per heavy atom. The lowest BCUT2D eigenvalue weighted by atomic mass is 10.3. The minimum absolute atomic E-state index is 0.232. The van der Waals surface area contributed by atoms with Crippen molar-refractivity contribution >= 4 is 23.1 Å². The van der Waals surface area contributed by atoms with Crippen molar-refractivity contribution in [1.82, 2.24) is 9.55 Å². The van der Waals surface area contributed by atoms with Crippen LogP contribution in [-0.4, -0.2) is 20.6 Å². The quantitative estimate of drug-likeness (QED) is 0.825. The first-order chi connectivity index (χ1) is 8.09. The Hall–Kier alpha value is -2.10. The molecule has 17 heavy (non-hydrogen) atoms. The summed E-state index contributed by atoms with van der Waals surface area (Å²) in [5, 5.41) is 8.66. The maximum absolute atomic E-state index is 10.5. The second-order valence-electron chi connectivity index (χ2n) is 4.09. The molecule has 0 bridgehead atoms. The van der Waals surface area contributed by atoms with Crippen molar-refractivity contribution in [3.05, 3.63) is 36.2 Å². The van der Waals surface area contributed by atoms with E-state index in [0.29, 0.717) is 5.82 Å². The average Bonchev–Trinajstić information content (AvgIpc) is 2.64. The predicted octanol–water partition coefficient (Wildman–Crippen LogP) is 2.72. The number of rotatable bonds is 3. The lowest BCUT2D eigenvalue weighted by Gasteiger charge is -2.10. The smallest absolute Gasteiger partial charge is 0.328 e. The van der Waals surface area contributed by atoms with E-state index in [4.69, 9.17) is 5.11 Å². The Labute approximate surface area is 99.2 Å². The second-order valence-corrected chi connectivity index (χ2v) is 4.09. The summed E-state index contributed by atoms with van der Waals surface area (Å²) in [5.41, 5.74) is 1.90. The van der Waals surface area contributed by atoms with E-state index in [0.717, 1.165) is 17.1 Å². The van der Waals surface area contributed by atoms with E-state index in [9.17, 15) is 4.79 Å². The van der Waals surface area contributed by atoms with Crippen LogP contribution in [0.25, 0.3) is 17.1 Å². The molecule has 2 aromatic rings. The Kier molecular flexibility index (Phi) is 2.95. The summed E-state index contributed by atoms with van der Waals surface area (Å²) >= 11 is 0. The van der Waals surface area contributed by atoms with Crippen molar-refractivity contribution in [2.45, 2.75) is 19.9 Å². The molecule has 1 N–H and O–H groups in total. The van der Waals surface area contributed by atoms with Gasteiger partial charge in [0.2, 0.25) is 0 Å². The molecule has 0 fully saturated rings. The molecule has 0 aliphatic rings. The first kappa shape index (κ1) is 11.4. The van der Waals surface area contributed by atoms with Crippen molar-refractivity contribution in [1.29, 1.82) is 0 Å². The van der Waals surface area contributed by atoms with Gasteiger partial charge < -0.3 is 9.67 Å². The predicted molar refractivity (Wildman–Crippen MR) is 66.8 cm³/mol. The number of aromatic nitrogens is 2. The molecule has 1 heterocycles. The molecule has 0 aliphatic carbocycles. The van der Waals surface area contributed by atoms with Gasteiger partial charge in [0.25, 0.3) is 0 Å². The molecule has 0 amide bonds. The molecule has 0 aliphatic heterocycles. The van der Waals surface area contributed by atoms with Gasteiger partial charge in [0, 0.05) is 12.1 Å². The number of hydrogen-bond acceptors (Lipinski definition) is 2. The zero-order valence-electron chi connectivity index (χ0n) is 9.79. The molecule has 0 saturated heterocycles. The average molecular weight is 230 g/mol. The molecule has 4 nitrogen and oxygen atoms in total. The van der Waals surface area contributed by atoms with Crippen LogP contribution in [-0.2, 0) is 4.79 Å². The Morgan fingerprint density at radius 3 is 2.76 bits per heavy atom. The van der Waals surface area contributed by atoms with Gasteiger partial charge in [-0.15, -0.1) is 0 Å². The molecule has 1 aromatic heterocycles. The lowest BCUT2D eigenvalue weighted by Crippen LogP contribution is -2.03. The number of carboxylic acids is 1. The fourth-order valence-electron chi connectivity index (χ4n) is 1.87. The van der Waals surface area contributed by atoms with Crippen molar-refractivity contribution in [3.63, 3.8) is 0 Å². The summed E-state index contributed by atoms with van der Waals surface area (Å²) in [4.78, 5) is 15.0. The standard InChI is InChI=1S/C13H14N2O2/c1-9(2)15-11-6-4-3-5-10(11)14-12(15)7-8-13(16)17/h3-9H,1-2H3,(H,16,17)/b8-7+. The number of para-hydroxylation sites is 2. The van der Waals surface area contributed by atoms with Crippen LogP contribution in [0.3, 0.4) is 0 Å². The molecule has 0 saturated carbocycles. The zero-order valence-corrected chi connectivity index (χ0v) is 9.79. The third-order valence-corrected chi connectivity index (χ3v) is 2.51. The van der Waals surface area contributed by atoms with Crippen LogP contribution >= 0.6 is 0 Å². The summed E-state index contributed by atoms with van der Waals surface area (Å²) in [6.07, 6.45) is 2.64. The highest BCUT2D eigenvalue weighted by Crippen LogP contribution is 2.21. The van der Waals surface area contributed by atoms with Gasteiger partial charge in [-0.3, -0.25) is 0 Å². The van der Waals surface area contributed by atoms with E-state index >= 15 is 0 Å². The summed E-state index contributed by atoms with van der Waals surface area (Å²) in [5.74, 6) is -0.295. The Bertz CT molecular complexity index is 582. The first-order valence-electron chi connectivity index (χ1n) is 5.47. The van der Waals surface area contributed by atoms with Crippen LogP contribution in [0.5, 0.6) is 0 Å². The number of nitrogens with zero attached hydrogens (tertiary/aromatic N) is 2. The third kappa shape index (κ3) is 2.20. The van der Waals surface area contributed by atoms with Crippen LogP contribution in [0, 0.1) is 0 Å². The summed E-state index contributed by atoms with van der Waals surface area (Å²) < 4.78 is 2.02. The van der Waals surface area contributed by atoms with Crippen molar-refractivity contribution in [2.75, 3.05) is 0 Å². The van der Waals surface area contributed by atoms with Gasteiger partial charge in [0.1, 0.15) is 5.82 Å². The van der Waals surface area contributed by atoms with Crippen LogP contribution in [0.15, 0.2) is 30.3 Å². The van der Waals surface area contributed by atoms with Crippen molar-refractivity contribution in [3.8, 4) is 0 Å². The number of carbonyl (C=O) groups is 1. The number of imidazole rings is 1. The van der Waals surface area contributed by atoms with Crippen LogP contribution in [0.1, 0.15) is 25.7 Å². The fourth-order valence-corrected chi connectivity index (χ4v) is 1.87. The van der Waals surface area contributed by atoms with E-state index in [1.807, 2.05) is 42.7 Å². The number of fused-ring (bicyclic) bond motifs is 1. The van der Waals surface area contributed by atoms with Gasteiger partial charge in [0.05, 0.1) is 11.0 Å². The SMILES string of the molecule is CC(C)n1c(/C=C/C(=O)O)nc2ccccc21. The highest BCUT2D eigenvalue weighted by molar-refractivity contribution is 5.86. The monoisotopic (exact) mass is 230 g/mol. The summed E-state index contributed by atoms with van der Waals surface area (Å²) in [6.45, 7) is 4.10. The highest BCUT2D eigenvalue weighted by Gasteiger charge is 2.10. The van der Waals surface area contributed by atoms with Gasteiger partial charge in [-0.1, -0.05) is 12.1 Å². The number of aliphatic carboxylic acids is 1. The van der Waals surface area contributed by atoms with Gasteiger partial charge in [-0.2, -0.15) is 0 Å². The number of hydrogen-bond donors (Lipinski definition) is 1. The molecular formula is C13H14N2O2. The fraction of sp³-hybridized carbons (Fsp3) is 0.231. The third-order valence-electron chi connectivity index (χ3n) is 2.51. The molecule has 0 unspecified atom stereocenters. The van der Waals surface area contributed by atoms with E-state index in [1.165, 1.54) is 6.08 Å². The summed E-state index contributed by atoms with van der Waals surface area (Å²) in [7, 11) is 0. The lowest BCUT2D eigenvalue weighted by molar-refractivity contribution is -0.131. The van der Waals surface area contributed by atoms with Crippen molar-refractivity contribution < 1.29 is 9.90 Å². The maximum Gasteiger partial charge on any atom is 0.328 e. The zero-order chi connectivity index (χ0) is 12.4. The van der Waals surface area contributed by atoms with E-state index in [2.05, 4.69) is 4.98 Å². The Balaban J connectivity index is 2.61. The maximum atomic E-state index is 10.5. The molecule has 0 atom stereocenters. The molecule has 2 rings (SSSR count). The molecule has 0 radical (unpaired) electrons. The molecule has 0 spiro atoms. The molecule has 88 valence electrons. The van der Waals surface area contributed by atoms with Gasteiger partial charge in [0.15, 0.2) is 0 Å². The molecule has 1 aromatic carbocycles. The normalized spacial score (nSPS) is 11.7. The van der Waals surface area contributed by atoms with Gasteiger partial charge in [-0.25, -0.2) is 9.78 Å². The van der Waals surface area contributed by atoms with Gasteiger partial charge in [-0.05, 0) is 32.1 Å². The number of carboxylic acid groups (broad SMARTS) is 1. The Morgan fingerprint density at radius 1 is 1.41 bits per heavy atom. The topological polar surface area (TPSA) is 55.1 Å². The highest BCUT2D eigenvalue weighted by atomic mass is 16.4. The largest absolute Gasteiger partial charge is 0.478 e. The first-order valence-corrected chi connectivity index (χ1v) is 5.47. The van der Waals surface area contributed by atoms with E-state index in [1.54, 1.807) is 0 Å². The van der Waals surface area contributed by atoms with Gasteiger partial charge >= 0.3 is 5.97 Å². The van der Waals surface area contributed by atoms with E-state index in [-0.39, 0.29) is 6.04 Å². The van der Waals surface area contributed by atoms with Crippen molar-refractivity contribution in [2.24, 2.45) is 0 Å². The number of benzene rings is 1. The van der Waals surface area contributed by atoms with Crippen LogP contribution in [0.4, 0.5) is 0 Å². The van der Waals surface area contributed by atoms with Crippen LogP contribution in [0.2, 0.25) is 0 Å². The second kappa shape index (κ2) is 4.41. The minimum atomic E-state index is -0.965. The van der Waals surface area contributed by atoms with Crippen LogP contribution < -0.4 is 0 Å². The minimum Gasteiger partial charge on any atom is -0.478 e. The molecule has 4 heteroatoms. The van der Waals surface area contributed by atoms with E-state index < -0.39 is 5.97 Å². The summed E-state index contributed by atoms with van der Waals surface area (Å²) in [6, 6.07) is 8.02.